The maximum absolute atomic E-state index is 13.6. The van der Waals surface area contributed by atoms with Crippen molar-refractivity contribution >= 4 is 15.9 Å². The van der Waals surface area contributed by atoms with Gasteiger partial charge in [-0.15, -0.1) is 0 Å². The first-order chi connectivity index (χ1) is 8.20. The maximum atomic E-state index is 13.6. The van der Waals surface area contributed by atoms with Crippen molar-refractivity contribution in [3.8, 4) is 11.3 Å². The van der Waals surface area contributed by atoms with Crippen molar-refractivity contribution < 1.29 is 9.50 Å². The van der Waals surface area contributed by atoms with Crippen molar-refractivity contribution in [3.05, 3.63) is 40.5 Å². The minimum atomic E-state index is -0.287. The second-order valence-electron chi connectivity index (χ2n) is 3.69. The number of nitrogens with one attached hydrogen (secondary N) is 1. The molecule has 0 spiro atoms. The van der Waals surface area contributed by atoms with Crippen molar-refractivity contribution in [1.82, 2.24) is 9.97 Å². The van der Waals surface area contributed by atoms with E-state index in [1.54, 1.807) is 18.3 Å². The summed E-state index contributed by atoms with van der Waals surface area (Å²) in [6.45, 7) is 0.126. The number of aryl methyl sites for hydroxylation is 1. The number of benzene rings is 1. The van der Waals surface area contributed by atoms with Crippen LogP contribution in [-0.2, 0) is 6.42 Å². The number of aliphatic hydroxyl groups excluding tert-OH is 1. The van der Waals surface area contributed by atoms with Gasteiger partial charge in [-0.25, -0.2) is 9.37 Å². The highest BCUT2D eigenvalue weighted by Gasteiger charge is 2.08. The highest BCUT2D eigenvalue weighted by molar-refractivity contribution is 9.10. The van der Waals surface area contributed by atoms with Crippen molar-refractivity contribution in [1.29, 1.82) is 0 Å². The molecular weight excluding hydrogens is 287 g/mol. The summed E-state index contributed by atoms with van der Waals surface area (Å²) in [4.78, 5) is 7.20. The van der Waals surface area contributed by atoms with Gasteiger partial charge in [-0.05, 0) is 24.6 Å². The van der Waals surface area contributed by atoms with E-state index < -0.39 is 0 Å². The molecule has 3 nitrogen and oxygen atoms in total. The van der Waals surface area contributed by atoms with E-state index in [0.717, 1.165) is 10.3 Å². The Labute approximate surface area is 107 Å². The van der Waals surface area contributed by atoms with Crippen molar-refractivity contribution in [2.24, 2.45) is 0 Å². The average molecular weight is 299 g/mol. The second-order valence-corrected chi connectivity index (χ2v) is 4.61. The standard InChI is InChI=1S/C12H12BrFN2O/c13-8-3-4-10(14)9(6-8)11-7-15-12(16-11)2-1-5-17/h3-4,6-7,17H,1-2,5H2,(H,15,16). The maximum Gasteiger partial charge on any atom is 0.132 e. The Bertz CT molecular complexity index is 513. The Kier molecular flexibility index (Phi) is 3.91. The summed E-state index contributed by atoms with van der Waals surface area (Å²) in [6, 6.07) is 4.77. The molecule has 0 bridgehead atoms. The summed E-state index contributed by atoms with van der Waals surface area (Å²) in [6.07, 6.45) is 2.91. The van der Waals surface area contributed by atoms with Gasteiger partial charge in [-0.1, -0.05) is 15.9 Å². The zero-order valence-electron chi connectivity index (χ0n) is 9.08. The molecule has 0 unspecified atom stereocenters. The molecule has 2 aromatic rings. The third kappa shape index (κ3) is 2.92. The molecule has 1 aromatic heterocycles. The lowest BCUT2D eigenvalue weighted by Gasteiger charge is -2.00. The monoisotopic (exact) mass is 298 g/mol. The number of nitrogens with zero attached hydrogens (tertiary/aromatic N) is 1. The van der Waals surface area contributed by atoms with E-state index in [2.05, 4.69) is 25.9 Å². The van der Waals surface area contributed by atoms with Crippen LogP contribution in [0.15, 0.2) is 28.9 Å². The Morgan fingerprint density at radius 2 is 2.24 bits per heavy atom. The third-order valence-electron chi connectivity index (χ3n) is 2.42. The average Bonchev–Trinajstić information content (AvgIpc) is 2.78. The van der Waals surface area contributed by atoms with Crippen molar-refractivity contribution in [2.45, 2.75) is 12.8 Å². The molecule has 2 rings (SSSR count). The number of rotatable bonds is 4. The fraction of sp³-hybridized carbons (Fsp3) is 0.250. The molecule has 5 heteroatoms. The molecule has 0 amide bonds. The molecule has 1 heterocycles. The smallest absolute Gasteiger partial charge is 0.132 e. The van der Waals surface area contributed by atoms with Gasteiger partial charge in [0.05, 0.1) is 11.9 Å². The van der Waals surface area contributed by atoms with Crippen LogP contribution in [0.2, 0.25) is 0 Å². The summed E-state index contributed by atoms with van der Waals surface area (Å²) >= 11 is 3.31. The summed E-state index contributed by atoms with van der Waals surface area (Å²) in [5, 5.41) is 8.72. The Balaban J connectivity index is 2.27. The van der Waals surface area contributed by atoms with Crippen LogP contribution >= 0.6 is 15.9 Å². The van der Waals surface area contributed by atoms with Crippen LogP contribution in [0.3, 0.4) is 0 Å². The molecule has 0 aliphatic rings. The van der Waals surface area contributed by atoms with Crippen LogP contribution in [0.25, 0.3) is 11.3 Å². The fourth-order valence-electron chi connectivity index (χ4n) is 1.58. The predicted molar refractivity (Wildman–Crippen MR) is 67.1 cm³/mol. The topological polar surface area (TPSA) is 48.9 Å². The summed E-state index contributed by atoms with van der Waals surface area (Å²) in [5.74, 6) is 0.471. The molecule has 90 valence electrons. The van der Waals surface area contributed by atoms with E-state index in [-0.39, 0.29) is 12.4 Å². The van der Waals surface area contributed by atoms with E-state index in [9.17, 15) is 4.39 Å². The molecule has 0 saturated carbocycles. The van der Waals surface area contributed by atoms with Gasteiger partial charge in [0.2, 0.25) is 0 Å². The van der Waals surface area contributed by atoms with Crippen LogP contribution in [0.1, 0.15) is 12.2 Å². The molecule has 0 aliphatic carbocycles. The van der Waals surface area contributed by atoms with Crippen LogP contribution in [0.4, 0.5) is 4.39 Å². The van der Waals surface area contributed by atoms with Gasteiger partial charge in [0.1, 0.15) is 11.6 Å². The minimum absolute atomic E-state index is 0.126. The Morgan fingerprint density at radius 1 is 1.41 bits per heavy atom. The Morgan fingerprint density at radius 3 is 3.00 bits per heavy atom. The van der Waals surface area contributed by atoms with E-state index in [1.807, 2.05) is 0 Å². The lowest BCUT2D eigenvalue weighted by atomic mass is 10.1. The highest BCUT2D eigenvalue weighted by Crippen LogP contribution is 2.24. The van der Waals surface area contributed by atoms with Gasteiger partial charge < -0.3 is 10.1 Å². The lowest BCUT2D eigenvalue weighted by molar-refractivity contribution is 0.287. The van der Waals surface area contributed by atoms with Gasteiger partial charge in [0.15, 0.2) is 0 Å². The normalized spacial score (nSPS) is 10.8. The first kappa shape index (κ1) is 12.3. The molecular formula is C12H12BrFN2O. The number of hydrogen-bond donors (Lipinski definition) is 2. The fourth-order valence-corrected chi connectivity index (χ4v) is 1.94. The number of H-pyrrole nitrogens is 1. The molecule has 0 radical (unpaired) electrons. The predicted octanol–water partition coefficient (Wildman–Crippen LogP) is 2.90. The van der Waals surface area contributed by atoms with Crippen molar-refractivity contribution in [3.63, 3.8) is 0 Å². The zero-order chi connectivity index (χ0) is 12.3. The van der Waals surface area contributed by atoms with Gasteiger partial charge in [0, 0.05) is 23.1 Å². The Hall–Kier alpha value is -1.20. The molecule has 0 saturated heterocycles. The van der Waals surface area contributed by atoms with E-state index in [4.69, 9.17) is 5.11 Å². The summed E-state index contributed by atoms with van der Waals surface area (Å²) in [5.41, 5.74) is 1.14. The lowest BCUT2D eigenvalue weighted by Crippen LogP contribution is -1.91. The van der Waals surface area contributed by atoms with E-state index in [0.29, 0.717) is 24.1 Å². The first-order valence-electron chi connectivity index (χ1n) is 5.31. The van der Waals surface area contributed by atoms with Gasteiger partial charge in [-0.3, -0.25) is 0 Å². The first-order valence-corrected chi connectivity index (χ1v) is 6.10. The van der Waals surface area contributed by atoms with Crippen molar-refractivity contribution in [2.75, 3.05) is 6.61 Å². The van der Waals surface area contributed by atoms with Crippen LogP contribution in [0, 0.1) is 5.82 Å². The molecule has 0 fully saturated rings. The number of hydrogen-bond acceptors (Lipinski definition) is 2. The largest absolute Gasteiger partial charge is 0.396 e. The number of aromatic amines is 1. The highest BCUT2D eigenvalue weighted by atomic mass is 79.9. The van der Waals surface area contributed by atoms with E-state index in [1.165, 1.54) is 6.07 Å². The van der Waals surface area contributed by atoms with Crippen LogP contribution < -0.4 is 0 Å². The summed E-state index contributed by atoms with van der Waals surface area (Å²) in [7, 11) is 0. The molecule has 17 heavy (non-hydrogen) atoms. The number of halogens is 2. The second kappa shape index (κ2) is 5.42. The number of imidazole rings is 1. The summed E-state index contributed by atoms with van der Waals surface area (Å²) < 4.78 is 14.4. The zero-order valence-corrected chi connectivity index (χ0v) is 10.7. The van der Waals surface area contributed by atoms with Gasteiger partial charge >= 0.3 is 0 Å². The molecule has 0 atom stereocenters. The van der Waals surface area contributed by atoms with Gasteiger partial charge in [0.25, 0.3) is 0 Å². The molecule has 2 N–H and O–H groups in total. The number of aliphatic hydroxyl groups is 1. The van der Waals surface area contributed by atoms with Crippen LogP contribution in [0.5, 0.6) is 0 Å². The minimum Gasteiger partial charge on any atom is -0.396 e. The van der Waals surface area contributed by atoms with Crippen LogP contribution in [-0.4, -0.2) is 21.7 Å². The molecule has 1 aromatic carbocycles. The number of aromatic nitrogens is 2. The van der Waals surface area contributed by atoms with Gasteiger partial charge in [-0.2, -0.15) is 0 Å². The molecule has 0 aliphatic heterocycles. The SMILES string of the molecule is OCCCc1ncc(-c2cc(Br)ccc2F)[nH]1. The van der Waals surface area contributed by atoms with E-state index >= 15 is 0 Å². The third-order valence-corrected chi connectivity index (χ3v) is 2.91. The quantitative estimate of drug-likeness (QED) is 0.912.